The topological polar surface area (TPSA) is 60.5 Å². The van der Waals surface area contributed by atoms with Crippen LogP contribution in [-0.4, -0.2) is 25.1 Å². The summed E-state index contributed by atoms with van der Waals surface area (Å²) < 4.78 is 11.4. The van der Waals surface area contributed by atoms with Crippen molar-refractivity contribution in [2.24, 2.45) is 0 Å². The molecule has 7 heteroatoms. The lowest BCUT2D eigenvalue weighted by Gasteiger charge is -2.10. The zero-order valence-corrected chi connectivity index (χ0v) is 18.8. The molecule has 0 aliphatic rings. The number of nitrogens with zero attached hydrogens (tertiary/aromatic N) is 1. The van der Waals surface area contributed by atoms with Gasteiger partial charge in [-0.15, -0.1) is 11.3 Å². The molecule has 5 nitrogen and oxygen atoms in total. The number of rotatable bonds is 7. The van der Waals surface area contributed by atoms with E-state index in [1.807, 2.05) is 29.6 Å². The molecule has 0 spiro atoms. The number of carbonyl (C=O) groups excluding carboxylic acids is 1. The molecule has 1 N–H and O–H groups in total. The van der Waals surface area contributed by atoms with E-state index in [0.717, 1.165) is 26.3 Å². The van der Waals surface area contributed by atoms with Gasteiger partial charge in [0.05, 0.1) is 30.9 Å². The summed E-state index contributed by atoms with van der Waals surface area (Å²) in [6.07, 6.45) is 3.21. The highest BCUT2D eigenvalue weighted by atomic mass is 79.9. The maximum absolute atomic E-state index is 12.2. The molecule has 0 radical (unpaired) electrons. The lowest BCUT2D eigenvalue weighted by atomic mass is 10.1. The number of thiazole rings is 1. The van der Waals surface area contributed by atoms with Gasteiger partial charge in [-0.25, -0.2) is 4.98 Å². The molecule has 1 aromatic heterocycles. The number of halogens is 1. The summed E-state index contributed by atoms with van der Waals surface area (Å²) in [5, 5.41) is 5.79. The quantitative estimate of drug-likeness (QED) is 0.478. The average molecular weight is 473 g/mol. The van der Waals surface area contributed by atoms with Crippen molar-refractivity contribution in [2.45, 2.75) is 13.5 Å². The number of aryl methyl sites for hydroxylation is 1. The van der Waals surface area contributed by atoms with Crippen LogP contribution in [0.15, 0.2) is 52.3 Å². The van der Waals surface area contributed by atoms with Crippen LogP contribution in [-0.2, 0) is 11.3 Å². The largest absolute Gasteiger partial charge is 0.493 e. The Hall–Kier alpha value is -2.64. The zero-order chi connectivity index (χ0) is 20.8. The SMILES string of the molecule is COc1cc(/C=C/C(=O)NCc2csc(-c3ccccc3C)n2)cc(Br)c1OC. The molecule has 0 unspecified atom stereocenters. The molecule has 150 valence electrons. The number of hydrogen-bond acceptors (Lipinski definition) is 5. The first-order valence-electron chi connectivity index (χ1n) is 8.89. The van der Waals surface area contributed by atoms with Crippen LogP contribution in [0.1, 0.15) is 16.8 Å². The summed E-state index contributed by atoms with van der Waals surface area (Å²) in [5.74, 6) is 1.01. The molecule has 0 aliphatic carbocycles. The van der Waals surface area contributed by atoms with Crippen molar-refractivity contribution in [2.75, 3.05) is 14.2 Å². The highest BCUT2D eigenvalue weighted by Gasteiger charge is 2.10. The number of ether oxygens (including phenoxy) is 2. The summed E-state index contributed by atoms with van der Waals surface area (Å²) in [7, 11) is 3.15. The molecule has 0 bridgehead atoms. The average Bonchev–Trinajstić information content (AvgIpc) is 3.19. The van der Waals surface area contributed by atoms with Gasteiger partial charge in [0.1, 0.15) is 5.01 Å². The summed E-state index contributed by atoms with van der Waals surface area (Å²) in [5.41, 5.74) is 3.96. The van der Waals surface area contributed by atoms with Gasteiger partial charge in [-0.2, -0.15) is 0 Å². The molecule has 0 saturated carbocycles. The van der Waals surface area contributed by atoms with E-state index < -0.39 is 0 Å². The van der Waals surface area contributed by atoms with E-state index in [1.165, 1.54) is 11.6 Å². The van der Waals surface area contributed by atoms with Crippen molar-refractivity contribution in [1.29, 1.82) is 0 Å². The van der Waals surface area contributed by atoms with Gasteiger partial charge in [-0.3, -0.25) is 4.79 Å². The monoisotopic (exact) mass is 472 g/mol. The third-order valence-corrected chi connectivity index (χ3v) is 5.77. The molecular formula is C22H21BrN2O3S. The molecule has 29 heavy (non-hydrogen) atoms. The van der Waals surface area contributed by atoms with Gasteiger partial charge in [-0.1, -0.05) is 24.3 Å². The molecule has 3 aromatic rings. The van der Waals surface area contributed by atoms with E-state index in [4.69, 9.17) is 9.47 Å². The van der Waals surface area contributed by atoms with Crippen molar-refractivity contribution in [1.82, 2.24) is 10.3 Å². The normalized spacial score (nSPS) is 10.9. The Labute approximate surface area is 182 Å². The van der Waals surface area contributed by atoms with Crippen molar-refractivity contribution < 1.29 is 14.3 Å². The van der Waals surface area contributed by atoms with Crippen molar-refractivity contribution in [3.63, 3.8) is 0 Å². The number of carbonyl (C=O) groups is 1. The second-order valence-corrected chi connectivity index (χ2v) is 7.96. The maximum Gasteiger partial charge on any atom is 0.244 e. The molecule has 0 atom stereocenters. The zero-order valence-electron chi connectivity index (χ0n) is 16.4. The number of aromatic nitrogens is 1. The van der Waals surface area contributed by atoms with Gasteiger partial charge in [0, 0.05) is 17.0 Å². The molecule has 0 fully saturated rings. The summed E-state index contributed by atoms with van der Waals surface area (Å²) in [6, 6.07) is 11.8. The molecule has 0 aliphatic heterocycles. The number of methoxy groups -OCH3 is 2. The third kappa shape index (κ3) is 5.25. The Bertz CT molecular complexity index is 1050. The molecule has 0 saturated heterocycles. The van der Waals surface area contributed by atoms with E-state index >= 15 is 0 Å². The molecule has 3 rings (SSSR count). The number of amides is 1. The van der Waals surface area contributed by atoms with E-state index in [2.05, 4.69) is 45.3 Å². The van der Waals surface area contributed by atoms with E-state index in [9.17, 15) is 4.79 Å². The van der Waals surface area contributed by atoms with E-state index in [1.54, 1.807) is 31.6 Å². The molecular weight excluding hydrogens is 452 g/mol. The van der Waals surface area contributed by atoms with Crippen LogP contribution >= 0.6 is 27.3 Å². The molecule has 1 heterocycles. The van der Waals surface area contributed by atoms with Crippen LogP contribution in [0.4, 0.5) is 0 Å². The Kier molecular flexibility index (Phi) is 7.06. The number of nitrogens with one attached hydrogen (secondary N) is 1. The summed E-state index contributed by atoms with van der Waals surface area (Å²) in [6.45, 7) is 2.44. The van der Waals surface area contributed by atoms with Gasteiger partial charge >= 0.3 is 0 Å². The summed E-state index contributed by atoms with van der Waals surface area (Å²) >= 11 is 5.02. The van der Waals surface area contributed by atoms with Crippen molar-refractivity contribution in [3.05, 3.63) is 69.1 Å². The van der Waals surface area contributed by atoms with Crippen LogP contribution in [0, 0.1) is 6.92 Å². The van der Waals surface area contributed by atoms with E-state index in [-0.39, 0.29) is 5.91 Å². The predicted molar refractivity (Wildman–Crippen MR) is 120 cm³/mol. The van der Waals surface area contributed by atoms with Gasteiger partial charge in [0.25, 0.3) is 0 Å². The summed E-state index contributed by atoms with van der Waals surface area (Å²) in [4.78, 5) is 16.8. The standard InChI is InChI=1S/C22H21BrN2O3S/c1-14-6-4-5-7-17(14)22-25-16(13-29-22)12-24-20(26)9-8-15-10-18(23)21(28-3)19(11-15)27-2/h4-11,13H,12H2,1-3H3,(H,24,26)/b9-8+. The Morgan fingerprint density at radius 2 is 2.03 bits per heavy atom. The smallest absolute Gasteiger partial charge is 0.244 e. The minimum atomic E-state index is -0.193. The first-order chi connectivity index (χ1) is 14.0. The second kappa shape index (κ2) is 9.71. The van der Waals surface area contributed by atoms with Crippen molar-refractivity contribution >= 4 is 39.2 Å². The Balaban J connectivity index is 1.62. The van der Waals surface area contributed by atoms with Crippen LogP contribution in [0.5, 0.6) is 11.5 Å². The Morgan fingerprint density at radius 3 is 2.76 bits per heavy atom. The van der Waals surface area contributed by atoms with Gasteiger partial charge in [0.2, 0.25) is 5.91 Å². The number of benzene rings is 2. The predicted octanol–water partition coefficient (Wildman–Crippen LogP) is 5.23. The lowest BCUT2D eigenvalue weighted by Crippen LogP contribution is -2.20. The lowest BCUT2D eigenvalue weighted by molar-refractivity contribution is -0.116. The third-order valence-electron chi connectivity index (χ3n) is 4.25. The van der Waals surface area contributed by atoms with Crippen molar-refractivity contribution in [3.8, 4) is 22.1 Å². The van der Waals surface area contributed by atoms with Gasteiger partial charge < -0.3 is 14.8 Å². The second-order valence-electron chi connectivity index (χ2n) is 6.25. The fraction of sp³-hybridized carbons (Fsp3) is 0.182. The van der Waals surface area contributed by atoms with Gasteiger partial charge in [-0.05, 0) is 52.2 Å². The Morgan fingerprint density at radius 1 is 1.24 bits per heavy atom. The minimum Gasteiger partial charge on any atom is -0.493 e. The van der Waals surface area contributed by atoms with Crippen LogP contribution < -0.4 is 14.8 Å². The van der Waals surface area contributed by atoms with Gasteiger partial charge in [0.15, 0.2) is 11.5 Å². The molecule has 2 aromatic carbocycles. The number of hydrogen-bond donors (Lipinski definition) is 1. The fourth-order valence-electron chi connectivity index (χ4n) is 2.77. The minimum absolute atomic E-state index is 0.193. The maximum atomic E-state index is 12.2. The van der Waals surface area contributed by atoms with Crippen LogP contribution in [0.2, 0.25) is 0 Å². The highest BCUT2D eigenvalue weighted by molar-refractivity contribution is 9.10. The first-order valence-corrected chi connectivity index (χ1v) is 10.6. The fourth-order valence-corrected chi connectivity index (χ4v) is 4.30. The van der Waals surface area contributed by atoms with E-state index in [0.29, 0.717) is 18.0 Å². The van der Waals surface area contributed by atoms with Crippen LogP contribution in [0.25, 0.3) is 16.6 Å². The highest BCUT2D eigenvalue weighted by Crippen LogP contribution is 2.36. The molecule has 1 amide bonds. The first kappa shape index (κ1) is 21.1. The van der Waals surface area contributed by atoms with Crippen LogP contribution in [0.3, 0.4) is 0 Å².